The Labute approximate surface area is 213 Å². The lowest BCUT2D eigenvalue weighted by molar-refractivity contribution is 0.0942. The molecule has 36 heavy (non-hydrogen) atoms. The average Bonchev–Trinajstić information content (AvgIpc) is 3.44. The predicted molar refractivity (Wildman–Crippen MR) is 146 cm³/mol. The van der Waals surface area contributed by atoms with E-state index in [1.54, 1.807) is 23.1 Å². The molecule has 8 heteroatoms. The van der Waals surface area contributed by atoms with Crippen molar-refractivity contribution in [2.45, 2.75) is 6.04 Å². The maximum Gasteiger partial charge on any atom is 0.251 e. The molecule has 0 saturated carbocycles. The van der Waals surface area contributed by atoms with Gasteiger partial charge in [-0.05, 0) is 50.0 Å². The normalized spacial score (nSPS) is 14.6. The number of carbonyl (C=O) groups excluding carboxylic acids is 1. The van der Waals surface area contributed by atoms with Gasteiger partial charge in [-0.25, -0.2) is 4.98 Å². The minimum absolute atomic E-state index is 0.0441. The molecule has 1 amide bonds. The fourth-order valence-electron chi connectivity index (χ4n) is 4.38. The Morgan fingerprint density at radius 2 is 1.86 bits per heavy atom. The second-order valence-corrected chi connectivity index (χ2v) is 9.92. The summed E-state index contributed by atoms with van der Waals surface area (Å²) in [7, 11) is 3.98. The van der Waals surface area contributed by atoms with Crippen molar-refractivity contribution in [3.63, 3.8) is 0 Å². The van der Waals surface area contributed by atoms with Crippen molar-refractivity contribution in [2.24, 2.45) is 0 Å². The summed E-state index contributed by atoms with van der Waals surface area (Å²) in [6.07, 6.45) is 0. The van der Waals surface area contributed by atoms with Crippen LogP contribution in [0.15, 0.2) is 84.6 Å². The Morgan fingerprint density at radius 1 is 1.11 bits per heavy atom. The maximum atomic E-state index is 13.0. The van der Waals surface area contributed by atoms with Crippen molar-refractivity contribution in [3.8, 4) is 0 Å². The van der Waals surface area contributed by atoms with Gasteiger partial charge in [-0.15, -0.1) is 11.3 Å². The van der Waals surface area contributed by atoms with Gasteiger partial charge in [0.2, 0.25) is 0 Å². The lowest BCUT2D eigenvalue weighted by Gasteiger charge is -2.25. The van der Waals surface area contributed by atoms with Crippen molar-refractivity contribution >= 4 is 44.6 Å². The van der Waals surface area contributed by atoms with E-state index in [1.807, 2.05) is 62.6 Å². The molecule has 3 N–H and O–H groups in total. The number of aromatic nitrogens is 1. The van der Waals surface area contributed by atoms with Crippen molar-refractivity contribution in [3.05, 3.63) is 101 Å². The molecule has 3 aromatic carbocycles. The molecule has 4 aromatic rings. The molecule has 5 rings (SSSR count). The van der Waals surface area contributed by atoms with E-state index < -0.39 is 0 Å². The molecule has 0 unspecified atom stereocenters. The van der Waals surface area contributed by atoms with Crippen LogP contribution in [0, 0.1) is 5.41 Å². The first-order chi connectivity index (χ1) is 17.4. The molecule has 1 aromatic heterocycles. The number of aliphatic hydroxyl groups is 1. The van der Waals surface area contributed by atoms with E-state index in [9.17, 15) is 9.90 Å². The molecule has 1 aliphatic rings. The number of benzene rings is 3. The highest BCUT2D eigenvalue weighted by Gasteiger charge is 2.31. The number of aliphatic hydroxyl groups excluding tert-OH is 1. The first-order valence-electron chi connectivity index (χ1n) is 11.7. The van der Waals surface area contributed by atoms with Crippen LogP contribution in [0.1, 0.15) is 27.0 Å². The zero-order valence-corrected chi connectivity index (χ0v) is 20.9. The Morgan fingerprint density at radius 3 is 2.61 bits per heavy atom. The van der Waals surface area contributed by atoms with Gasteiger partial charge in [-0.3, -0.25) is 10.2 Å². The van der Waals surface area contributed by atoms with Crippen LogP contribution in [0.5, 0.6) is 0 Å². The standard InChI is InChI=1S/C28H27N5O2S/c1-32(2)22(18-9-4-3-5-10-18)16-30-27(35)19-11-8-12-20(15-19)33-17-23(34)25(26(33)29)28-31-21-13-6-7-14-24(21)36-28/h3-15,22,29,34H,16-17H2,1-2H3,(H,30,35)/t22-/m1/s1. The van der Waals surface area contributed by atoms with Gasteiger partial charge in [-0.1, -0.05) is 48.5 Å². The molecular weight excluding hydrogens is 470 g/mol. The molecule has 0 bridgehead atoms. The summed E-state index contributed by atoms with van der Waals surface area (Å²) >= 11 is 1.45. The molecule has 0 saturated heterocycles. The van der Waals surface area contributed by atoms with Gasteiger partial charge in [0, 0.05) is 17.8 Å². The number of amidine groups is 1. The summed E-state index contributed by atoms with van der Waals surface area (Å²) in [6.45, 7) is 0.621. The van der Waals surface area contributed by atoms with E-state index in [1.165, 1.54) is 11.3 Å². The van der Waals surface area contributed by atoms with E-state index in [-0.39, 0.29) is 30.1 Å². The van der Waals surface area contributed by atoms with Crippen molar-refractivity contribution in [1.29, 1.82) is 5.41 Å². The van der Waals surface area contributed by atoms with Crippen LogP contribution in [-0.2, 0) is 0 Å². The largest absolute Gasteiger partial charge is 0.510 e. The fourth-order valence-corrected chi connectivity index (χ4v) is 5.42. The van der Waals surface area contributed by atoms with Gasteiger partial charge in [0.25, 0.3) is 5.91 Å². The number of anilines is 1. The van der Waals surface area contributed by atoms with Crippen LogP contribution in [-0.4, -0.2) is 53.9 Å². The molecule has 0 fully saturated rings. The van der Waals surface area contributed by atoms with Gasteiger partial charge in [-0.2, -0.15) is 0 Å². The Bertz CT molecular complexity index is 1430. The predicted octanol–water partition coefficient (Wildman–Crippen LogP) is 5.10. The highest BCUT2D eigenvalue weighted by molar-refractivity contribution is 7.19. The topological polar surface area (TPSA) is 92.6 Å². The number of thiazole rings is 1. The lowest BCUT2D eigenvalue weighted by atomic mass is 10.1. The van der Waals surface area contributed by atoms with E-state index >= 15 is 0 Å². The summed E-state index contributed by atoms with van der Waals surface area (Å²) in [5.41, 5.74) is 3.57. The van der Waals surface area contributed by atoms with Crippen LogP contribution in [0.25, 0.3) is 15.8 Å². The van der Waals surface area contributed by atoms with Gasteiger partial charge in [0.05, 0.1) is 28.4 Å². The third-order valence-corrected chi connectivity index (χ3v) is 7.35. The van der Waals surface area contributed by atoms with Crippen LogP contribution in [0.3, 0.4) is 0 Å². The zero-order valence-electron chi connectivity index (χ0n) is 20.1. The first-order valence-corrected chi connectivity index (χ1v) is 12.5. The number of amides is 1. The summed E-state index contributed by atoms with van der Waals surface area (Å²) < 4.78 is 1.00. The third-order valence-electron chi connectivity index (χ3n) is 6.29. The molecular formula is C28H27N5O2S. The summed E-state index contributed by atoms with van der Waals surface area (Å²) in [5, 5.41) is 23.2. The Balaban J connectivity index is 1.32. The van der Waals surface area contributed by atoms with Crippen LogP contribution < -0.4 is 10.2 Å². The SMILES string of the molecule is CN(C)[C@H](CNC(=O)c1cccc(N2CC(O)=C(c3nc4ccccc4s3)C2=N)c1)c1ccccc1. The molecule has 1 aliphatic heterocycles. The summed E-state index contributed by atoms with van der Waals surface area (Å²) in [4.78, 5) is 21.4. The monoisotopic (exact) mass is 497 g/mol. The van der Waals surface area contributed by atoms with Gasteiger partial charge in [0.15, 0.2) is 0 Å². The zero-order chi connectivity index (χ0) is 25.2. The number of hydrogen-bond donors (Lipinski definition) is 3. The number of rotatable bonds is 7. The van der Waals surface area contributed by atoms with Gasteiger partial charge in [0.1, 0.15) is 16.6 Å². The van der Waals surface area contributed by atoms with Crippen LogP contribution >= 0.6 is 11.3 Å². The number of fused-ring (bicyclic) bond motifs is 1. The van der Waals surface area contributed by atoms with E-state index in [4.69, 9.17) is 5.41 Å². The Hall–Kier alpha value is -4.01. The first kappa shape index (κ1) is 23.7. The number of likely N-dealkylation sites (N-methyl/N-ethyl adjacent to an activating group) is 1. The molecule has 0 radical (unpaired) electrons. The quantitative estimate of drug-likeness (QED) is 0.331. The van der Waals surface area contributed by atoms with E-state index in [0.717, 1.165) is 15.8 Å². The minimum Gasteiger partial charge on any atom is -0.510 e. The minimum atomic E-state index is -0.186. The van der Waals surface area contributed by atoms with Gasteiger partial charge < -0.3 is 20.2 Å². The third kappa shape index (κ3) is 4.60. The number of para-hydroxylation sites is 1. The second-order valence-electron chi connectivity index (χ2n) is 8.89. The fraction of sp³-hybridized carbons (Fsp3) is 0.179. The number of nitrogens with one attached hydrogen (secondary N) is 2. The van der Waals surface area contributed by atoms with Gasteiger partial charge >= 0.3 is 0 Å². The number of nitrogens with zero attached hydrogens (tertiary/aromatic N) is 3. The number of hydrogen-bond acceptors (Lipinski definition) is 6. The second kappa shape index (κ2) is 9.93. The number of carbonyl (C=O) groups is 1. The molecule has 182 valence electrons. The summed E-state index contributed by atoms with van der Waals surface area (Å²) in [5.74, 6) is 0.0837. The highest BCUT2D eigenvalue weighted by atomic mass is 32.1. The average molecular weight is 498 g/mol. The molecule has 2 heterocycles. The summed E-state index contributed by atoms with van der Waals surface area (Å²) in [6, 6.07) is 25.0. The van der Waals surface area contributed by atoms with Crippen molar-refractivity contribution in [1.82, 2.24) is 15.2 Å². The molecule has 7 nitrogen and oxygen atoms in total. The van der Waals surface area contributed by atoms with Crippen LogP contribution in [0.2, 0.25) is 0 Å². The molecule has 0 spiro atoms. The van der Waals surface area contributed by atoms with Crippen molar-refractivity contribution < 1.29 is 9.90 Å². The van der Waals surface area contributed by atoms with E-state index in [0.29, 0.717) is 28.4 Å². The van der Waals surface area contributed by atoms with Crippen molar-refractivity contribution in [2.75, 3.05) is 32.1 Å². The van der Waals surface area contributed by atoms with Crippen LogP contribution in [0.4, 0.5) is 5.69 Å². The Kier molecular flexibility index (Phi) is 6.54. The maximum absolute atomic E-state index is 13.0. The lowest BCUT2D eigenvalue weighted by Crippen LogP contribution is -2.34. The highest BCUT2D eigenvalue weighted by Crippen LogP contribution is 2.35. The molecule has 0 aliphatic carbocycles. The molecule has 1 atom stereocenters. The smallest absolute Gasteiger partial charge is 0.251 e. The van der Waals surface area contributed by atoms with E-state index in [2.05, 4.69) is 27.3 Å².